The van der Waals surface area contributed by atoms with Crippen molar-refractivity contribution in [3.63, 3.8) is 0 Å². The first-order chi connectivity index (χ1) is 9.19. The average Bonchev–Trinajstić information content (AvgIpc) is 2.86. The molecule has 19 heavy (non-hydrogen) atoms. The third kappa shape index (κ3) is 2.02. The first-order valence-electron chi connectivity index (χ1n) is 6.31. The van der Waals surface area contributed by atoms with Crippen LogP contribution in [0.2, 0.25) is 0 Å². The van der Waals surface area contributed by atoms with Crippen LogP contribution < -0.4 is 10.6 Å². The zero-order chi connectivity index (χ0) is 13.4. The highest BCUT2D eigenvalue weighted by molar-refractivity contribution is 5.94. The van der Waals surface area contributed by atoms with Crippen molar-refractivity contribution in [2.75, 3.05) is 13.6 Å². The van der Waals surface area contributed by atoms with Gasteiger partial charge in [0.2, 0.25) is 0 Å². The van der Waals surface area contributed by atoms with E-state index in [4.69, 9.17) is 0 Å². The highest BCUT2D eigenvalue weighted by Gasteiger charge is 2.26. The Labute approximate surface area is 111 Å². The zero-order valence-electron chi connectivity index (χ0n) is 11.0. The van der Waals surface area contributed by atoms with Crippen LogP contribution in [0.15, 0.2) is 30.3 Å². The summed E-state index contributed by atoms with van der Waals surface area (Å²) in [6.45, 7) is 2.60. The number of carbonyl (C=O) groups excluding carboxylic acids is 1. The van der Waals surface area contributed by atoms with Gasteiger partial charge in [-0.2, -0.15) is 5.10 Å². The number of aryl methyl sites for hydroxylation is 1. The topological polar surface area (TPSA) is 58.9 Å². The van der Waals surface area contributed by atoms with Crippen molar-refractivity contribution in [2.24, 2.45) is 0 Å². The lowest BCUT2D eigenvalue weighted by atomic mass is 10.1. The quantitative estimate of drug-likeness (QED) is 0.852. The van der Waals surface area contributed by atoms with E-state index in [-0.39, 0.29) is 12.1 Å². The molecule has 1 aromatic heterocycles. The number of nitrogens with one attached hydrogen (secondary N) is 2. The summed E-state index contributed by atoms with van der Waals surface area (Å²) in [6.07, 6.45) is 0.00639. The monoisotopic (exact) mass is 256 g/mol. The van der Waals surface area contributed by atoms with Crippen LogP contribution in [0.4, 0.5) is 0 Å². The molecule has 0 aliphatic carbocycles. The Hall–Kier alpha value is -2.14. The standard InChI is InChI=1S/C14H16N4O/c1-9-3-5-10(6-4-9)11-7-12-14(19)16-8-13(15-2)18(12)17-11/h3-7,13,15H,8H2,1-2H3,(H,16,19)/t13-/m0/s1. The molecule has 0 fully saturated rings. The number of carbonyl (C=O) groups is 1. The van der Waals surface area contributed by atoms with Crippen LogP contribution in [-0.4, -0.2) is 29.3 Å². The Kier molecular flexibility index (Phi) is 2.83. The van der Waals surface area contributed by atoms with Crippen LogP contribution in [-0.2, 0) is 0 Å². The molecule has 2 heterocycles. The molecule has 3 rings (SSSR count). The van der Waals surface area contributed by atoms with E-state index in [1.165, 1.54) is 5.56 Å². The third-order valence-corrected chi connectivity index (χ3v) is 3.40. The van der Waals surface area contributed by atoms with Gasteiger partial charge >= 0.3 is 0 Å². The van der Waals surface area contributed by atoms with Gasteiger partial charge in [-0.05, 0) is 20.0 Å². The summed E-state index contributed by atoms with van der Waals surface area (Å²) in [4.78, 5) is 11.8. The Morgan fingerprint density at radius 3 is 2.79 bits per heavy atom. The van der Waals surface area contributed by atoms with E-state index in [1.807, 2.05) is 44.3 Å². The van der Waals surface area contributed by atoms with E-state index < -0.39 is 0 Å². The van der Waals surface area contributed by atoms with E-state index in [9.17, 15) is 4.79 Å². The van der Waals surface area contributed by atoms with Gasteiger partial charge in [-0.25, -0.2) is 4.68 Å². The fourth-order valence-corrected chi connectivity index (χ4v) is 2.26. The van der Waals surface area contributed by atoms with E-state index >= 15 is 0 Å². The largest absolute Gasteiger partial charge is 0.347 e. The maximum Gasteiger partial charge on any atom is 0.269 e. The second kappa shape index (κ2) is 4.51. The number of amides is 1. The zero-order valence-corrected chi connectivity index (χ0v) is 11.0. The van der Waals surface area contributed by atoms with Gasteiger partial charge in [0.1, 0.15) is 11.9 Å². The minimum atomic E-state index is -0.0719. The maximum absolute atomic E-state index is 11.8. The van der Waals surface area contributed by atoms with Crippen LogP contribution >= 0.6 is 0 Å². The van der Waals surface area contributed by atoms with Crippen LogP contribution in [0.5, 0.6) is 0 Å². The summed E-state index contributed by atoms with van der Waals surface area (Å²) in [7, 11) is 1.86. The van der Waals surface area contributed by atoms with Gasteiger partial charge in [0.25, 0.3) is 5.91 Å². The van der Waals surface area contributed by atoms with Crippen LogP contribution in [0.3, 0.4) is 0 Å². The second-order valence-electron chi connectivity index (χ2n) is 4.74. The Balaban J connectivity index is 2.05. The lowest BCUT2D eigenvalue weighted by molar-refractivity contribution is 0.0903. The molecule has 1 aliphatic rings. The van der Waals surface area contributed by atoms with Crippen molar-refractivity contribution >= 4 is 5.91 Å². The molecule has 0 saturated heterocycles. The van der Waals surface area contributed by atoms with Crippen LogP contribution in [0.25, 0.3) is 11.3 Å². The van der Waals surface area contributed by atoms with Gasteiger partial charge in [0.15, 0.2) is 0 Å². The number of fused-ring (bicyclic) bond motifs is 1. The first-order valence-corrected chi connectivity index (χ1v) is 6.31. The fraction of sp³-hybridized carbons (Fsp3) is 0.286. The normalized spacial score (nSPS) is 18.0. The van der Waals surface area contributed by atoms with Gasteiger partial charge in [-0.1, -0.05) is 29.8 Å². The molecule has 0 unspecified atom stereocenters. The lowest BCUT2D eigenvalue weighted by Gasteiger charge is -2.23. The van der Waals surface area contributed by atoms with E-state index in [0.29, 0.717) is 12.2 Å². The number of rotatable bonds is 2. The molecule has 0 bridgehead atoms. The molecule has 2 N–H and O–H groups in total. The summed E-state index contributed by atoms with van der Waals surface area (Å²) in [5, 5.41) is 10.5. The Bertz CT molecular complexity index is 615. The average molecular weight is 256 g/mol. The minimum absolute atomic E-state index is 0.00639. The van der Waals surface area contributed by atoms with Gasteiger partial charge in [0, 0.05) is 5.56 Å². The second-order valence-corrected chi connectivity index (χ2v) is 4.74. The molecule has 0 spiro atoms. The molecule has 5 heteroatoms. The molecule has 1 atom stereocenters. The number of hydrogen-bond acceptors (Lipinski definition) is 3. The van der Waals surface area contributed by atoms with E-state index in [0.717, 1.165) is 11.3 Å². The van der Waals surface area contributed by atoms with E-state index in [2.05, 4.69) is 15.7 Å². The summed E-state index contributed by atoms with van der Waals surface area (Å²) >= 11 is 0. The molecule has 1 aliphatic heterocycles. The third-order valence-electron chi connectivity index (χ3n) is 3.40. The van der Waals surface area contributed by atoms with Gasteiger partial charge < -0.3 is 5.32 Å². The summed E-state index contributed by atoms with van der Waals surface area (Å²) < 4.78 is 1.76. The highest BCUT2D eigenvalue weighted by atomic mass is 16.2. The molecule has 0 radical (unpaired) electrons. The minimum Gasteiger partial charge on any atom is -0.347 e. The Morgan fingerprint density at radius 1 is 1.37 bits per heavy atom. The summed E-state index contributed by atoms with van der Waals surface area (Å²) in [5.74, 6) is -0.0719. The molecule has 1 amide bonds. The number of likely N-dealkylation sites (N-methyl/N-ethyl adjacent to an activating group) is 1. The molecule has 98 valence electrons. The molecule has 1 aromatic carbocycles. The van der Waals surface area contributed by atoms with Crippen molar-refractivity contribution in [2.45, 2.75) is 13.1 Å². The number of aromatic nitrogens is 2. The van der Waals surface area contributed by atoms with Crippen molar-refractivity contribution < 1.29 is 4.79 Å². The molecule has 2 aromatic rings. The number of benzene rings is 1. The van der Waals surface area contributed by atoms with Crippen molar-refractivity contribution in [1.29, 1.82) is 0 Å². The number of hydrogen-bond donors (Lipinski definition) is 2. The smallest absolute Gasteiger partial charge is 0.269 e. The molecule has 5 nitrogen and oxygen atoms in total. The van der Waals surface area contributed by atoms with Gasteiger partial charge in [0.05, 0.1) is 12.2 Å². The van der Waals surface area contributed by atoms with Gasteiger partial charge in [-0.15, -0.1) is 0 Å². The van der Waals surface area contributed by atoms with Crippen LogP contribution in [0.1, 0.15) is 22.2 Å². The SMILES string of the molecule is CN[C@@H]1CNC(=O)c2cc(-c3ccc(C)cc3)nn21. The number of nitrogens with zero attached hydrogens (tertiary/aromatic N) is 2. The fourth-order valence-electron chi connectivity index (χ4n) is 2.26. The lowest BCUT2D eigenvalue weighted by Crippen LogP contribution is -2.44. The summed E-state index contributed by atoms with van der Waals surface area (Å²) in [5.41, 5.74) is 3.65. The highest BCUT2D eigenvalue weighted by Crippen LogP contribution is 2.22. The van der Waals surface area contributed by atoms with Crippen molar-refractivity contribution in [1.82, 2.24) is 20.4 Å². The van der Waals surface area contributed by atoms with Gasteiger partial charge in [-0.3, -0.25) is 10.1 Å². The summed E-state index contributed by atoms with van der Waals surface area (Å²) in [6, 6.07) is 9.97. The predicted molar refractivity (Wildman–Crippen MR) is 72.8 cm³/mol. The van der Waals surface area contributed by atoms with E-state index in [1.54, 1.807) is 4.68 Å². The Morgan fingerprint density at radius 2 is 2.11 bits per heavy atom. The molecule has 0 saturated carbocycles. The van der Waals surface area contributed by atoms with Crippen LogP contribution in [0, 0.1) is 6.92 Å². The first kappa shape index (κ1) is 11.9. The molecular formula is C14H16N4O. The predicted octanol–water partition coefficient (Wildman–Crippen LogP) is 1.32. The molecular weight excluding hydrogens is 240 g/mol. The van der Waals surface area contributed by atoms with Crippen molar-refractivity contribution in [3.8, 4) is 11.3 Å². The van der Waals surface area contributed by atoms with Crippen molar-refractivity contribution in [3.05, 3.63) is 41.6 Å². The maximum atomic E-state index is 11.8.